The van der Waals surface area contributed by atoms with Gasteiger partial charge in [0.15, 0.2) is 5.82 Å². The Labute approximate surface area is 114 Å². The van der Waals surface area contributed by atoms with E-state index in [4.69, 9.17) is 0 Å². The molecule has 0 N–H and O–H groups in total. The van der Waals surface area contributed by atoms with Crippen LogP contribution >= 0.6 is 0 Å². The van der Waals surface area contributed by atoms with Gasteiger partial charge in [-0.2, -0.15) is 0 Å². The molecule has 0 spiro atoms. The van der Waals surface area contributed by atoms with Crippen molar-refractivity contribution in [2.75, 3.05) is 0 Å². The van der Waals surface area contributed by atoms with Gasteiger partial charge in [-0.05, 0) is 41.7 Å². The minimum absolute atomic E-state index is 0.942. The molecule has 2 aromatic rings. The summed E-state index contributed by atoms with van der Waals surface area (Å²) in [5.74, 6) is 1.02. The number of aryl methyl sites for hydroxylation is 3. The number of tetrazole rings is 1. The molecule has 1 heterocycles. The van der Waals surface area contributed by atoms with Crippen LogP contribution in [0.2, 0.25) is 0 Å². The van der Waals surface area contributed by atoms with Crippen molar-refractivity contribution >= 4 is 0 Å². The van der Waals surface area contributed by atoms with E-state index in [0.29, 0.717) is 0 Å². The first-order valence-electron chi connectivity index (χ1n) is 7.19. The number of unbranched alkanes of at least 4 members (excludes halogenated alkanes) is 2. The number of nitrogens with zero attached hydrogens (tertiary/aromatic N) is 4. The summed E-state index contributed by atoms with van der Waals surface area (Å²) >= 11 is 0. The molecule has 0 bridgehead atoms. The van der Waals surface area contributed by atoms with E-state index in [1.54, 1.807) is 0 Å². The van der Waals surface area contributed by atoms with Crippen molar-refractivity contribution in [3.63, 3.8) is 0 Å². The zero-order valence-electron chi connectivity index (χ0n) is 11.6. The second-order valence-electron chi connectivity index (χ2n) is 4.86. The first kappa shape index (κ1) is 13.7. The molecule has 102 valence electrons. The van der Waals surface area contributed by atoms with Crippen molar-refractivity contribution in [1.29, 1.82) is 0 Å². The Morgan fingerprint density at radius 1 is 1.00 bits per heavy atom. The van der Waals surface area contributed by atoms with Crippen LogP contribution in [0.15, 0.2) is 30.3 Å². The minimum atomic E-state index is 0.942. The van der Waals surface area contributed by atoms with Gasteiger partial charge >= 0.3 is 0 Å². The normalized spacial score (nSPS) is 10.8. The number of aromatic nitrogens is 4. The molecular formula is C15H22N4. The van der Waals surface area contributed by atoms with Gasteiger partial charge < -0.3 is 0 Å². The number of benzene rings is 1. The van der Waals surface area contributed by atoms with Crippen LogP contribution in [-0.4, -0.2) is 20.2 Å². The van der Waals surface area contributed by atoms with Crippen LogP contribution in [0.4, 0.5) is 0 Å². The summed E-state index contributed by atoms with van der Waals surface area (Å²) in [5, 5.41) is 11.9. The highest BCUT2D eigenvalue weighted by Gasteiger charge is 2.03. The maximum atomic E-state index is 4.05. The maximum absolute atomic E-state index is 4.05. The molecule has 1 aromatic heterocycles. The third-order valence-corrected chi connectivity index (χ3v) is 3.26. The largest absolute Gasteiger partial charge is 0.230 e. The first-order valence-corrected chi connectivity index (χ1v) is 7.19. The first-order chi connectivity index (χ1) is 9.40. The SMILES string of the molecule is CCCc1nnnn1CCCCCc1ccccc1. The molecule has 2 rings (SSSR count). The smallest absolute Gasteiger partial charge is 0.151 e. The van der Waals surface area contributed by atoms with Crippen LogP contribution in [0.3, 0.4) is 0 Å². The highest BCUT2D eigenvalue weighted by atomic mass is 15.5. The van der Waals surface area contributed by atoms with Gasteiger partial charge in [0.05, 0.1) is 0 Å². The van der Waals surface area contributed by atoms with Crippen molar-refractivity contribution in [2.45, 2.75) is 52.0 Å². The Bertz CT molecular complexity index is 464. The van der Waals surface area contributed by atoms with Gasteiger partial charge in [-0.3, -0.25) is 0 Å². The highest BCUT2D eigenvalue weighted by molar-refractivity contribution is 5.14. The van der Waals surface area contributed by atoms with E-state index in [2.05, 4.69) is 52.8 Å². The van der Waals surface area contributed by atoms with E-state index in [9.17, 15) is 0 Å². The number of hydrogen-bond acceptors (Lipinski definition) is 3. The third-order valence-electron chi connectivity index (χ3n) is 3.26. The zero-order chi connectivity index (χ0) is 13.3. The standard InChI is InChI=1S/C15H22N4/c1-2-9-15-16-17-18-19(15)13-8-4-7-12-14-10-5-3-6-11-14/h3,5-6,10-11H,2,4,7-9,12-13H2,1H3. The van der Waals surface area contributed by atoms with Crippen molar-refractivity contribution < 1.29 is 0 Å². The molecule has 0 fully saturated rings. The van der Waals surface area contributed by atoms with Gasteiger partial charge in [0.25, 0.3) is 0 Å². The molecule has 0 saturated heterocycles. The predicted molar refractivity (Wildman–Crippen MR) is 75.8 cm³/mol. The van der Waals surface area contributed by atoms with Gasteiger partial charge in [-0.25, -0.2) is 4.68 Å². The molecule has 19 heavy (non-hydrogen) atoms. The van der Waals surface area contributed by atoms with Crippen LogP contribution in [-0.2, 0) is 19.4 Å². The highest BCUT2D eigenvalue weighted by Crippen LogP contribution is 2.07. The lowest BCUT2D eigenvalue weighted by Gasteiger charge is -2.04. The average Bonchev–Trinajstić information content (AvgIpc) is 2.88. The molecule has 0 amide bonds. The summed E-state index contributed by atoms with van der Waals surface area (Å²) < 4.78 is 1.95. The lowest BCUT2D eigenvalue weighted by Crippen LogP contribution is -2.06. The van der Waals surface area contributed by atoms with Gasteiger partial charge in [-0.1, -0.05) is 43.7 Å². The van der Waals surface area contributed by atoms with Crippen molar-refractivity contribution in [1.82, 2.24) is 20.2 Å². The number of hydrogen-bond donors (Lipinski definition) is 0. The molecule has 0 aliphatic carbocycles. The van der Waals surface area contributed by atoms with Crippen LogP contribution < -0.4 is 0 Å². The average molecular weight is 258 g/mol. The van der Waals surface area contributed by atoms with Crippen LogP contribution in [0.25, 0.3) is 0 Å². The van der Waals surface area contributed by atoms with Gasteiger partial charge in [-0.15, -0.1) is 5.10 Å². The molecule has 0 saturated carbocycles. The summed E-state index contributed by atoms with van der Waals surface area (Å²) in [5.41, 5.74) is 1.43. The minimum Gasteiger partial charge on any atom is -0.230 e. The van der Waals surface area contributed by atoms with Gasteiger partial charge in [0.1, 0.15) is 0 Å². The van der Waals surface area contributed by atoms with E-state index in [-0.39, 0.29) is 0 Å². The van der Waals surface area contributed by atoms with Crippen LogP contribution in [0, 0.1) is 0 Å². The Balaban J connectivity index is 1.65. The van der Waals surface area contributed by atoms with Crippen molar-refractivity contribution in [3.05, 3.63) is 41.7 Å². The molecule has 0 atom stereocenters. The quantitative estimate of drug-likeness (QED) is 0.684. The topological polar surface area (TPSA) is 43.6 Å². The zero-order valence-corrected chi connectivity index (χ0v) is 11.6. The molecule has 4 heteroatoms. The van der Waals surface area contributed by atoms with E-state index < -0.39 is 0 Å². The second-order valence-corrected chi connectivity index (χ2v) is 4.86. The van der Waals surface area contributed by atoms with E-state index in [1.165, 1.54) is 18.4 Å². The van der Waals surface area contributed by atoms with Crippen molar-refractivity contribution in [2.24, 2.45) is 0 Å². The Morgan fingerprint density at radius 3 is 2.63 bits per heavy atom. The molecule has 1 aromatic carbocycles. The summed E-state index contributed by atoms with van der Waals surface area (Å²) in [7, 11) is 0. The summed E-state index contributed by atoms with van der Waals surface area (Å²) in [6, 6.07) is 10.7. The fourth-order valence-electron chi connectivity index (χ4n) is 2.21. The molecule has 0 aliphatic rings. The molecule has 0 aliphatic heterocycles. The van der Waals surface area contributed by atoms with Crippen LogP contribution in [0.5, 0.6) is 0 Å². The summed E-state index contributed by atoms with van der Waals surface area (Å²) in [6.45, 7) is 3.09. The number of rotatable bonds is 8. The molecule has 4 nitrogen and oxygen atoms in total. The molecule has 0 unspecified atom stereocenters. The maximum Gasteiger partial charge on any atom is 0.151 e. The lowest BCUT2D eigenvalue weighted by atomic mass is 10.1. The van der Waals surface area contributed by atoms with E-state index in [1.807, 2.05) is 4.68 Å². The lowest BCUT2D eigenvalue weighted by molar-refractivity contribution is 0.512. The van der Waals surface area contributed by atoms with E-state index in [0.717, 1.165) is 38.1 Å². The fourth-order valence-corrected chi connectivity index (χ4v) is 2.21. The Kier molecular flexibility index (Phi) is 5.53. The third kappa shape index (κ3) is 4.47. The predicted octanol–water partition coefficient (Wildman–Crippen LogP) is 3.04. The fraction of sp³-hybridized carbons (Fsp3) is 0.533. The van der Waals surface area contributed by atoms with Crippen LogP contribution in [0.1, 0.15) is 44.0 Å². The second kappa shape index (κ2) is 7.67. The van der Waals surface area contributed by atoms with E-state index >= 15 is 0 Å². The van der Waals surface area contributed by atoms with Gasteiger partial charge in [0, 0.05) is 13.0 Å². The summed E-state index contributed by atoms with van der Waals surface area (Å²) in [4.78, 5) is 0. The Hall–Kier alpha value is -1.71. The van der Waals surface area contributed by atoms with Gasteiger partial charge in [0.2, 0.25) is 0 Å². The monoisotopic (exact) mass is 258 g/mol. The van der Waals surface area contributed by atoms with Crippen molar-refractivity contribution in [3.8, 4) is 0 Å². The summed E-state index contributed by atoms with van der Waals surface area (Å²) in [6.07, 6.45) is 6.83. The molecule has 0 radical (unpaired) electrons. The molecular weight excluding hydrogens is 236 g/mol. The Morgan fingerprint density at radius 2 is 1.84 bits per heavy atom.